The van der Waals surface area contributed by atoms with Crippen LogP contribution in [0.3, 0.4) is 0 Å². The van der Waals surface area contributed by atoms with Crippen LogP contribution in [-0.4, -0.2) is 24.5 Å². The van der Waals surface area contributed by atoms with Gasteiger partial charge in [0, 0.05) is 11.1 Å². The van der Waals surface area contributed by atoms with Crippen LogP contribution in [0.5, 0.6) is 0 Å². The number of nitrogens with two attached hydrogens (primary N) is 1. The van der Waals surface area contributed by atoms with Crippen LogP contribution in [0.1, 0.15) is 25.5 Å². The lowest BCUT2D eigenvalue weighted by Crippen LogP contribution is -2.47. The third-order valence-electron chi connectivity index (χ3n) is 2.82. The second-order valence-electron chi connectivity index (χ2n) is 4.08. The summed E-state index contributed by atoms with van der Waals surface area (Å²) in [4.78, 5) is 2.12. The number of furan rings is 1. The van der Waals surface area contributed by atoms with Gasteiger partial charge in [0.05, 0.1) is 18.6 Å². The van der Waals surface area contributed by atoms with Crippen LogP contribution in [0.15, 0.2) is 23.0 Å². The summed E-state index contributed by atoms with van der Waals surface area (Å²) in [6.07, 6.45) is 3.36. The van der Waals surface area contributed by atoms with Crippen LogP contribution in [0.2, 0.25) is 0 Å². The molecular formula is C10H18N2O. The van der Waals surface area contributed by atoms with Crippen molar-refractivity contribution in [1.29, 1.82) is 0 Å². The summed E-state index contributed by atoms with van der Waals surface area (Å²) in [7, 11) is 4.06. The van der Waals surface area contributed by atoms with Gasteiger partial charge in [-0.05, 0) is 34.0 Å². The molecule has 1 unspecified atom stereocenters. The minimum atomic E-state index is -0.0656. The molecule has 0 aliphatic carbocycles. The third kappa shape index (κ3) is 1.92. The minimum absolute atomic E-state index is 0.0266. The average Bonchev–Trinajstić information content (AvgIpc) is 2.54. The molecule has 1 aromatic heterocycles. The molecule has 2 N–H and O–H groups in total. The van der Waals surface area contributed by atoms with Gasteiger partial charge < -0.3 is 15.1 Å². The van der Waals surface area contributed by atoms with Crippen molar-refractivity contribution in [2.24, 2.45) is 5.73 Å². The van der Waals surface area contributed by atoms with Gasteiger partial charge in [0.1, 0.15) is 0 Å². The maximum Gasteiger partial charge on any atom is 0.0951 e. The van der Waals surface area contributed by atoms with Gasteiger partial charge in [0.25, 0.3) is 0 Å². The van der Waals surface area contributed by atoms with Crippen LogP contribution in [0.25, 0.3) is 0 Å². The Balaban J connectivity index is 2.84. The van der Waals surface area contributed by atoms with Crippen molar-refractivity contribution < 1.29 is 4.42 Å². The van der Waals surface area contributed by atoms with Gasteiger partial charge in [-0.2, -0.15) is 0 Å². The monoisotopic (exact) mass is 182 g/mol. The van der Waals surface area contributed by atoms with Crippen molar-refractivity contribution in [3.8, 4) is 0 Å². The first-order valence-corrected chi connectivity index (χ1v) is 4.41. The molecule has 3 heteroatoms. The molecule has 3 nitrogen and oxygen atoms in total. The topological polar surface area (TPSA) is 42.4 Å². The summed E-state index contributed by atoms with van der Waals surface area (Å²) in [6, 6.07) is 1.89. The highest BCUT2D eigenvalue weighted by Gasteiger charge is 2.30. The number of hydrogen-bond donors (Lipinski definition) is 1. The van der Waals surface area contributed by atoms with Crippen LogP contribution >= 0.6 is 0 Å². The number of likely N-dealkylation sites (N-methyl/N-ethyl adjacent to an activating group) is 1. The highest BCUT2D eigenvalue weighted by Crippen LogP contribution is 2.26. The lowest BCUT2D eigenvalue weighted by atomic mass is 9.90. The Morgan fingerprint density at radius 3 is 2.46 bits per heavy atom. The van der Waals surface area contributed by atoms with Crippen molar-refractivity contribution in [2.45, 2.75) is 25.4 Å². The first kappa shape index (κ1) is 10.3. The normalized spacial score (nSPS) is 14.9. The maximum atomic E-state index is 6.12. The van der Waals surface area contributed by atoms with E-state index in [-0.39, 0.29) is 11.6 Å². The Hall–Kier alpha value is -0.800. The zero-order valence-corrected chi connectivity index (χ0v) is 8.74. The molecule has 1 aromatic rings. The second-order valence-corrected chi connectivity index (χ2v) is 4.08. The lowest BCUT2D eigenvalue weighted by Gasteiger charge is -2.37. The molecule has 0 spiro atoms. The van der Waals surface area contributed by atoms with Crippen LogP contribution in [0.4, 0.5) is 0 Å². The van der Waals surface area contributed by atoms with Gasteiger partial charge in [-0.25, -0.2) is 0 Å². The molecule has 1 rings (SSSR count). The Bertz CT molecular complexity index is 252. The molecule has 1 heterocycles. The fourth-order valence-electron chi connectivity index (χ4n) is 1.14. The van der Waals surface area contributed by atoms with E-state index in [9.17, 15) is 0 Å². The fourth-order valence-corrected chi connectivity index (χ4v) is 1.14. The molecule has 0 fully saturated rings. The summed E-state index contributed by atoms with van der Waals surface area (Å²) in [5.41, 5.74) is 7.09. The number of rotatable bonds is 3. The molecule has 1 atom stereocenters. The standard InChI is InChI=1S/C10H18N2O/c1-10(2,12(3)4)9(11)8-5-6-13-7-8/h5-7,9H,11H2,1-4H3. The highest BCUT2D eigenvalue weighted by atomic mass is 16.3. The van der Waals surface area contributed by atoms with Gasteiger partial charge in [0.2, 0.25) is 0 Å². The summed E-state index contributed by atoms with van der Waals surface area (Å²) >= 11 is 0. The van der Waals surface area contributed by atoms with E-state index >= 15 is 0 Å². The van der Waals surface area contributed by atoms with Gasteiger partial charge >= 0.3 is 0 Å². The van der Waals surface area contributed by atoms with E-state index < -0.39 is 0 Å². The first-order chi connectivity index (χ1) is 5.96. The Morgan fingerprint density at radius 1 is 1.46 bits per heavy atom. The molecule has 0 saturated heterocycles. The molecule has 13 heavy (non-hydrogen) atoms. The third-order valence-corrected chi connectivity index (χ3v) is 2.82. The molecule has 74 valence electrons. The molecule has 0 bridgehead atoms. The predicted octanol–water partition coefficient (Wildman–Crippen LogP) is 1.62. The highest BCUT2D eigenvalue weighted by molar-refractivity contribution is 5.16. The summed E-state index contributed by atoms with van der Waals surface area (Å²) in [5.74, 6) is 0. The molecule has 0 aliphatic rings. The van der Waals surface area contributed by atoms with Gasteiger partial charge in [0.15, 0.2) is 0 Å². The zero-order valence-electron chi connectivity index (χ0n) is 8.74. The van der Waals surface area contributed by atoms with Gasteiger partial charge in [-0.3, -0.25) is 0 Å². The lowest BCUT2D eigenvalue weighted by molar-refractivity contribution is 0.158. The van der Waals surface area contributed by atoms with Crippen molar-refractivity contribution >= 4 is 0 Å². The Kier molecular flexibility index (Phi) is 2.78. The number of nitrogens with zero attached hydrogens (tertiary/aromatic N) is 1. The van der Waals surface area contributed by atoms with Crippen molar-refractivity contribution in [1.82, 2.24) is 4.90 Å². The first-order valence-electron chi connectivity index (χ1n) is 4.41. The van der Waals surface area contributed by atoms with E-state index in [4.69, 9.17) is 10.2 Å². The molecule has 0 saturated carbocycles. The molecule has 0 amide bonds. The van der Waals surface area contributed by atoms with E-state index in [2.05, 4.69) is 18.7 Å². The van der Waals surface area contributed by atoms with Crippen molar-refractivity contribution in [2.75, 3.05) is 14.1 Å². The van der Waals surface area contributed by atoms with Gasteiger partial charge in [-0.15, -0.1) is 0 Å². The molecule has 0 aromatic carbocycles. The summed E-state index contributed by atoms with van der Waals surface area (Å²) in [5, 5.41) is 0. The van der Waals surface area contributed by atoms with E-state index in [0.717, 1.165) is 5.56 Å². The molecule has 0 radical (unpaired) electrons. The Morgan fingerprint density at radius 2 is 2.08 bits per heavy atom. The average molecular weight is 182 g/mol. The number of hydrogen-bond acceptors (Lipinski definition) is 3. The van der Waals surface area contributed by atoms with Crippen molar-refractivity contribution in [3.05, 3.63) is 24.2 Å². The minimum Gasteiger partial charge on any atom is -0.472 e. The van der Waals surface area contributed by atoms with Gasteiger partial charge in [-0.1, -0.05) is 0 Å². The summed E-state index contributed by atoms with van der Waals surface area (Å²) in [6.45, 7) is 4.23. The SMILES string of the molecule is CN(C)C(C)(C)C(N)c1ccoc1. The fraction of sp³-hybridized carbons (Fsp3) is 0.600. The van der Waals surface area contributed by atoms with Crippen molar-refractivity contribution in [3.63, 3.8) is 0 Å². The molecular weight excluding hydrogens is 164 g/mol. The van der Waals surface area contributed by atoms with Crippen LogP contribution < -0.4 is 5.73 Å². The zero-order chi connectivity index (χ0) is 10.1. The maximum absolute atomic E-state index is 6.12. The molecule has 0 aliphatic heterocycles. The summed E-state index contributed by atoms with van der Waals surface area (Å²) < 4.78 is 5.01. The van der Waals surface area contributed by atoms with E-state index in [0.29, 0.717) is 0 Å². The van der Waals surface area contributed by atoms with E-state index in [1.165, 1.54) is 0 Å². The smallest absolute Gasteiger partial charge is 0.0951 e. The second kappa shape index (κ2) is 3.52. The van der Waals surface area contributed by atoms with E-state index in [1.54, 1.807) is 12.5 Å². The predicted molar refractivity (Wildman–Crippen MR) is 53.4 cm³/mol. The Labute approximate surface area is 79.5 Å². The largest absolute Gasteiger partial charge is 0.472 e. The van der Waals surface area contributed by atoms with Crippen LogP contribution in [-0.2, 0) is 0 Å². The van der Waals surface area contributed by atoms with E-state index in [1.807, 2.05) is 20.2 Å². The quantitative estimate of drug-likeness (QED) is 0.772. The van der Waals surface area contributed by atoms with Crippen LogP contribution in [0, 0.1) is 0 Å².